The molecule has 2 aromatic carbocycles. The van der Waals surface area contributed by atoms with E-state index in [1.807, 2.05) is 23.5 Å². The molecule has 4 rings (SSSR count). The Bertz CT molecular complexity index is 1430. The summed E-state index contributed by atoms with van der Waals surface area (Å²) in [6.45, 7) is 23.1. The number of rotatable bonds is 21. The molecule has 54 heavy (non-hydrogen) atoms. The van der Waals surface area contributed by atoms with Crippen LogP contribution in [0, 0.1) is 0 Å². The molecule has 0 saturated carbocycles. The first kappa shape index (κ1) is 47.6. The highest BCUT2D eigenvalue weighted by atomic mass is 32.3. The van der Waals surface area contributed by atoms with E-state index in [2.05, 4.69) is 212 Å². The van der Waals surface area contributed by atoms with Gasteiger partial charge in [-0.15, -0.1) is 70.6 Å². The standard InChI is InChI=1S/C44H62S10/c1-11-15-27-45-39-40(46-28-16-12-2)50-37(49-39)35(31-19-23-33(24-20-31)53-43(5,6)7)36(32-21-25-34(26-22-32)54-44(8,9)10)38-51-41(47-29-17-13-3)42(52-38)48-30-18-14-4/h19-26H,11-18,27-30H2,1-10H3. The summed E-state index contributed by atoms with van der Waals surface area (Å²) in [4.78, 5) is 2.67. The first-order valence-corrected chi connectivity index (χ1v) is 28.5. The van der Waals surface area contributed by atoms with Gasteiger partial charge in [-0.1, -0.05) is 166 Å². The Labute approximate surface area is 373 Å². The molecule has 2 heterocycles. The monoisotopic (exact) mass is 910 g/mol. The van der Waals surface area contributed by atoms with Gasteiger partial charge in [0.05, 0.1) is 25.4 Å². The van der Waals surface area contributed by atoms with Gasteiger partial charge in [-0.25, -0.2) is 0 Å². The lowest BCUT2D eigenvalue weighted by Gasteiger charge is -2.21. The van der Waals surface area contributed by atoms with Crippen LogP contribution in [0.3, 0.4) is 0 Å². The summed E-state index contributed by atoms with van der Waals surface area (Å²) in [6.07, 6.45) is 9.99. The van der Waals surface area contributed by atoms with Gasteiger partial charge in [0.2, 0.25) is 0 Å². The van der Waals surface area contributed by atoms with Gasteiger partial charge in [0.1, 0.15) is 0 Å². The highest BCUT2D eigenvalue weighted by Gasteiger charge is 2.32. The van der Waals surface area contributed by atoms with E-state index < -0.39 is 0 Å². The van der Waals surface area contributed by atoms with Crippen LogP contribution in [0.15, 0.2) is 83.7 Å². The van der Waals surface area contributed by atoms with Gasteiger partial charge in [0, 0.05) is 30.4 Å². The summed E-state index contributed by atoms with van der Waals surface area (Å²) in [5.74, 6) is 4.74. The molecule has 2 aromatic rings. The maximum absolute atomic E-state index is 2.42. The predicted octanol–water partition coefficient (Wildman–Crippen LogP) is 18.9. The number of hydrogen-bond acceptors (Lipinski definition) is 10. The SMILES string of the molecule is CCCCSC1=C(SCCCC)SC(=C(C(=C2SC(SCCCC)=C(SCCCC)S2)c2ccc(SC(C)(C)C)cc2)c2ccc(SC(C)(C)C)cc2)S1. The third kappa shape index (κ3) is 15.8. The van der Waals surface area contributed by atoms with E-state index in [1.165, 1.54) is 132 Å². The molecule has 0 fully saturated rings. The van der Waals surface area contributed by atoms with Crippen LogP contribution < -0.4 is 0 Å². The van der Waals surface area contributed by atoms with Crippen LogP contribution in [0.25, 0.3) is 11.1 Å². The molecule has 0 nitrogen and oxygen atoms in total. The number of unbranched alkanes of at least 4 members (excludes halogenated alkanes) is 4. The van der Waals surface area contributed by atoms with Crippen molar-refractivity contribution >= 4 is 129 Å². The Balaban J connectivity index is 1.93. The average Bonchev–Trinajstić information content (AvgIpc) is 3.70. The second kappa shape index (κ2) is 24.2. The van der Waals surface area contributed by atoms with Crippen molar-refractivity contribution in [1.82, 2.24) is 0 Å². The Hall–Kier alpha value is 0.900. The molecular weight excluding hydrogens is 849 g/mol. The van der Waals surface area contributed by atoms with E-state index in [0.717, 1.165) is 0 Å². The summed E-state index contributed by atoms with van der Waals surface area (Å²) >= 11 is 20.5. The van der Waals surface area contributed by atoms with Crippen molar-refractivity contribution in [3.63, 3.8) is 0 Å². The van der Waals surface area contributed by atoms with Crippen molar-refractivity contribution in [1.29, 1.82) is 0 Å². The molecule has 2 aliphatic heterocycles. The fourth-order valence-corrected chi connectivity index (χ4v) is 19.7. The number of thioether (sulfide) groups is 10. The van der Waals surface area contributed by atoms with Gasteiger partial charge < -0.3 is 0 Å². The van der Waals surface area contributed by atoms with E-state index in [0.29, 0.717) is 0 Å². The zero-order valence-electron chi connectivity index (χ0n) is 34.2. The second-order valence-corrected chi connectivity index (χ2v) is 29.0. The summed E-state index contributed by atoms with van der Waals surface area (Å²) in [5.41, 5.74) is 5.46. The molecule has 2 aliphatic rings. The van der Waals surface area contributed by atoms with E-state index in [9.17, 15) is 0 Å². The van der Waals surface area contributed by atoms with Crippen LogP contribution >= 0.6 is 118 Å². The fraction of sp³-hybridized carbons (Fsp3) is 0.545. The summed E-state index contributed by atoms with van der Waals surface area (Å²) in [5, 5.41) is 0. The number of allylic oxidation sites excluding steroid dienone is 2. The predicted molar refractivity (Wildman–Crippen MR) is 272 cm³/mol. The maximum atomic E-state index is 2.42. The van der Waals surface area contributed by atoms with Crippen LogP contribution in [-0.4, -0.2) is 32.5 Å². The van der Waals surface area contributed by atoms with Gasteiger partial charge in [-0.05, 0) is 84.1 Å². The molecule has 0 unspecified atom stereocenters. The lowest BCUT2D eigenvalue weighted by molar-refractivity contribution is 0.802. The molecule has 0 saturated heterocycles. The molecule has 10 heteroatoms. The molecule has 0 N–H and O–H groups in total. The third-order valence-corrected chi connectivity index (χ3v) is 21.4. The number of benzene rings is 2. The van der Waals surface area contributed by atoms with Crippen molar-refractivity contribution in [3.05, 3.63) is 85.1 Å². The second-order valence-electron chi connectivity index (χ2n) is 15.2. The first-order valence-electron chi connectivity index (χ1n) is 19.6. The van der Waals surface area contributed by atoms with Crippen molar-refractivity contribution in [2.75, 3.05) is 23.0 Å². The average molecular weight is 912 g/mol. The molecule has 0 aromatic heterocycles. The van der Waals surface area contributed by atoms with E-state index >= 15 is 0 Å². The van der Waals surface area contributed by atoms with Crippen LogP contribution in [-0.2, 0) is 0 Å². The molecule has 0 spiro atoms. The van der Waals surface area contributed by atoms with Crippen LogP contribution in [0.2, 0.25) is 0 Å². The molecule has 0 atom stereocenters. The third-order valence-electron chi connectivity index (χ3n) is 7.79. The lowest BCUT2D eigenvalue weighted by atomic mass is 9.95. The van der Waals surface area contributed by atoms with Gasteiger partial charge in [-0.2, -0.15) is 0 Å². The van der Waals surface area contributed by atoms with Crippen molar-refractivity contribution in [2.45, 2.75) is 140 Å². The van der Waals surface area contributed by atoms with Gasteiger partial charge in [0.15, 0.2) is 0 Å². The summed E-state index contributed by atoms with van der Waals surface area (Å²) in [6, 6.07) is 19.1. The van der Waals surface area contributed by atoms with Crippen molar-refractivity contribution < 1.29 is 0 Å². The topological polar surface area (TPSA) is 0 Å². The Kier molecular flexibility index (Phi) is 21.3. The van der Waals surface area contributed by atoms with Gasteiger partial charge in [-0.3, -0.25) is 0 Å². The maximum Gasteiger partial charge on any atom is 0.0660 e. The number of hydrogen-bond donors (Lipinski definition) is 0. The quantitative estimate of drug-likeness (QED) is 0.0873. The van der Waals surface area contributed by atoms with Gasteiger partial charge in [0.25, 0.3) is 0 Å². The smallest absolute Gasteiger partial charge is 0.0660 e. The van der Waals surface area contributed by atoms with Gasteiger partial charge >= 0.3 is 0 Å². The molecule has 0 radical (unpaired) electrons. The molecule has 298 valence electrons. The lowest BCUT2D eigenvalue weighted by Crippen LogP contribution is -2.06. The Morgan fingerprint density at radius 3 is 0.907 bits per heavy atom. The highest BCUT2D eigenvalue weighted by molar-refractivity contribution is 8.41. The normalized spacial score (nSPS) is 15.3. The Morgan fingerprint density at radius 2 is 0.685 bits per heavy atom. The molecule has 0 bridgehead atoms. The fourth-order valence-electron chi connectivity index (χ4n) is 5.15. The van der Waals surface area contributed by atoms with E-state index in [-0.39, 0.29) is 9.49 Å². The first-order chi connectivity index (χ1) is 25.9. The minimum atomic E-state index is 0.166. The van der Waals surface area contributed by atoms with Crippen LogP contribution in [0.5, 0.6) is 0 Å². The van der Waals surface area contributed by atoms with Crippen molar-refractivity contribution in [3.8, 4) is 0 Å². The summed E-state index contributed by atoms with van der Waals surface area (Å²) < 4.78 is 9.26. The largest absolute Gasteiger partial charge is 0.120 e. The molecular formula is C44H62S10. The zero-order chi connectivity index (χ0) is 39.1. The van der Waals surface area contributed by atoms with Crippen molar-refractivity contribution in [2.24, 2.45) is 0 Å². The molecule has 0 amide bonds. The van der Waals surface area contributed by atoms with Crippen LogP contribution in [0.1, 0.15) is 132 Å². The van der Waals surface area contributed by atoms with Crippen LogP contribution in [0.4, 0.5) is 0 Å². The molecule has 0 aliphatic carbocycles. The summed E-state index contributed by atoms with van der Waals surface area (Å²) in [7, 11) is 0. The minimum Gasteiger partial charge on any atom is -0.120 e. The minimum absolute atomic E-state index is 0.166. The zero-order valence-corrected chi connectivity index (χ0v) is 42.4. The van der Waals surface area contributed by atoms with E-state index in [1.54, 1.807) is 0 Å². The Morgan fingerprint density at radius 1 is 0.426 bits per heavy atom. The highest BCUT2D eigenvalue weighted by Crippen LogP contribution is 2.65. The van der Waals surface area contributed by atoms with E-state index in [4.69, 9.17) is 0 Å².